The molecule has 5 nitrogen and oxygen atoms in total. The molecule has 0 amide bonds. The molecular weight excluding hydrogens is 268 g/mol. The maximum atomic E-state index is 11.8. The molecule has 2 N–H and O–H groups in total. The summed E-state index contributed by atoms with van der Waals surface area (Å²) in [7, 11) is 0. The molecule has 1 heterocycles. The molecule has 2 rings (SSSR count). The molecule has 0 aliphatic carbocycles. The van der Waals surface area contributed by atoms with Gasteiger partial charge in [0.15, 0.2) is 0 Å². The van der Waals surface area contributed by atoms with Crippen molar-refractivity contribution in [3.05, 3.63) is 62.8 Å². The smallest absolute Gasteiger partial charge is 0.331 e. The SMILES string of the molecule is C=CCn1c(O)c(-c2ccc(Cl)cc2)c(=O)[nH]c1=O. The van der Waals surface area contributed by atoms with Crippen LogP contribution in [0.1, 0.15) is 0 Å². The number of allylic oxidation sites excluding steroid dienone is 1. The minimum atomic E-state index is -0.680. The number of rotatable bonds is 3. The summed E-state index contributed by atoms with van der Waals surface area (Å²) in [5.74, 6) is -0.393. The second kappa shape index (κ2) is 5.16. The lowest BCUT2D eigenvalue weighted by molar-refractivity contribution is 0.413. The van der Waals surface area contributed by atoms with Gasteiger partial charge in [-0.25, -0.2) is 4.79 Å². The van der Waals surface area contributed by atoms with Crippen molar-refractivity contribution in [1.29, 1.82) is 0 Å². The Morgan fingerprint density at radius 1 is 1.32 bits per heavy atom. The number of aromatic amines is 1. The Bertz CT molecular complexity index is 729. The highest BCUT2D eigenvalue weighted by molar-refractivity contribution is 6.30. The molecule has 0 saturated carbocycles. The van der Waals surface area contributed by atoms with Crippen molar-refractivity contribution >= 4 is 11.6 Å². The average Bonchev–Trinajstić information content (AvgIpc) is 2.36. The van der Waals surface area contributed by atoms with Crippen molar-refractivity contribution in [2.45, 2.75) is 6.54 Å². The summed E-state index contributed by atoms with van der Waals surface area (Å²) in [5.41, 5.74) is -0.829. The average molecular weight is 279 g/mol. The minimum Gasteiger partial charge on any atom is -0.494 e. The summed E-state index contributed by atoms with van der Waals surface area (Å²) in [4.78, 5) is 25.5. The zero-order chi connectivity index (χ0) is 14.0. The summed E-state index contributed by atoms with van der Waals surface area (Å²) in [6.45, 7) is 3.59. The van der Waals surface area contributed by atoms with E-state index < -0.39 is 17.1 Å². The molecule has 0 atom stereocenters. The van der Waals surface area contributed by atoms with E-state index in [0.717, 1.165) is 4.57 Å². The first-order chi connectivity index (χ1) is 9.04. The number of hydrogen-bond donors (Lipinski definition) is 2. The molecule has 0 spiro atoms. The molecule has 6 heteroatoms. The Labute approximate surface area is 113 Å². The fourth-order valence-corrected chi connectivity index (χ4v) is 1.86. The van der Waals surface area contributed by atoms with Crippen LogP contribution in [0.3, 0.4) is 0 Å². The van der Waals surface area contributed by atoms with Gasteiger partial charge in [-0.2, -0.15) is 0 Å². The molecule has 0 unspecified atom stereocenters. The Kier molecular flexibility index (Phi) is 3.57. The van der Waals surface area contributed by atoms with Gasteiger partial charge in [-0.3, -0.25) is 14.3 Å². The van der Waals surface area contributed by atoms with Crippen LogP contribution in [0.5, 0.6) is 5.88 Å². The van der Waals surface area contributed by atoms with E-state index in [9.17, 15) is 14.7 Å². The molecule has 1 aromatic heterocycles. The van der Waals surface area contributed by atoms with Gasteiger partial charge >= 0.3 is 5.69 Å². The predicted octanol–water partition coefficient (Wildman–Crippen LogP) is 1.75. The van der Waals surface area contributed by atoms with Gasteiger partial charge in [-0.1, -0.05) is 29.8 Å². The van der Waals surface area contributed by atoms with Gasteiger partial charge in [0.05, 0.1) is 0 Å². The van der Waals surface area contributed by atoms with Crippen molar-refractivity contribution in [3.63, 3.8) is 0 Å². The van der Waals surface area contributed by atoms with Crippen LogP contribution >= 0.6 is 11.6 Å². The maximum absolute atomic E-state index is 11.8. The summed E-state index contributed by atoms with van der Waals surface area (Å²) in [6, 6.07) is 6.38. The predicted molar refractivity (Wildman–Crippen MR) is 73.6 cm³/mol. The van der Waals surface area contributed by atoms with Gasteiger partial charge in [0.2, 0.25) is 5.88 Å². The first-order valence-electron chi connectivity index (χ1n) is 5.47. The van der Waals surface area contributed by atoms with Crippen LogP contribution in [-0.2, 0) is 6.54 Å². The van der Waals surface area contributed by atoms with Gasteiger partial charge in [0.1, 0.15) is 5.56 Å². The van der Waals surface area contributed by atoms with Crippen LogP contribution in [0.2, 0.25) is 5.02 Å². The first kappa shape index (κ1) is 13.2. The van der Waals surface area contributed by atoms with Crippen LogP contribution in [0.4, 0.5) is 0 Å². The third-order valence-electron chi connectivity index (χ3n) is 2.62. The molecule has 2 aromatic rings. The van der Waals surface area contributed by atoms with Gasteiger partial charge in [-0.05, 0) is 17.7 Å². The molecule has 0 aliphatic rings. The normalized spacial score (nSPS) is 10.4. The van der Waals surface area contributed by atoms with E-state index >= 15 is 0 Å². The molecule has 0 bridgehead atoms. The second-order valence-electron chi connectivity index (χ2n) is 3.86. The Morgan fingerprint density at radius 2 is 1.95 bits per heavy atom. The quantitative estimate of drug-likeness (QED) is 0.840. The van der Waals surface area contributed by atoms with Crippen molar-refractivity contribution < 1.29 is 5.11 Å². The van der Waals surface area contributed by atoms with Crippen molar-refractivity contribution in [1.82, 2.24) is 9.55 Å². The molecule has 1 aromatic carbocycles. The molecule has 0 fully saturated rings. The van der Waals surface area contributed by atoms with Gasteiger partial charge in [-0.15, -0.1) is 6.58 Å². The highest BCUT2D eigenvalue weighted by Crippen LogP contribution is 2.25. The Balaban J connectivity index is 2.73. The third kappa shape index (κ3) is 2.46. The van der Waals surface area contributed by atoms with Gasteiger partial charge < -0.3 is 5.11 Å². The van der Waals surface area contributed by atoms with E-state index in [1.165, 1.54) is 6.08 Å². The van der Waals surface area contributed by atoms with Gasteiger partial charge in [0, 0.05) is 11.6 Å². The van der Waals surface area contributed by atoms with E-state index in [4.69, 9.17) is 11.6 Å². The number of halogens is 1. The van der Waals surface area contributed by atoms with Crippen molar-refractivity contribution in [2.75, 3.05) is 0 Å². The Hall–Kier alpha value is -2.27. The number of H-pyrrole nitrogens is 1. The van der Waals surface area contributed by atoms with E-state index in [2.05, 4.69) is 11.6 Å². The lowest BCUT2D eigenvalue weighted by atomic mass is 10.1. The molecule has 0 aliphatic heterocycles. The number of aromatic hydroxyl groups is 1. The number of benzene rings is 1. The summed E-state index contributed by atoms with van der Waals surface area (Å²) >= 11 is 5.77. The van der Waals surface area contributed by atoms with Crippen LogP contribution in [0.15, 0.2) is 46.5 Å². The number of nitrogens with one attached hydrogen (secondary N) is 1. The van der Waals surface area contributed by atoms with Crippen LogP contribution in [0.25, 0.3) is 11.1 Å². The van der Waals surface area contributed by atoms with Gasteiger partial charge in [0.25, 0.3) is 5.56 Å². The summed E-state index contributed by atoms with van der Waals surface area (Å²) < 4.78 is 1.03. The monoisotopic (exact) mass is 278 g/mol. The fraction of sp³-hybridized carbons (Fsp3) is 0.0769. The maximum Gasteiger partial charge on any atom is 0.331 e. The van der Waals surface area contributed by atoms with Crippen molar-refractivity contribution in [2.24, 2.45) is 0 Å². The zero-order valence-electron chi connectivity index (χ0n) is 9.89. The third-order valence-corrected chi connectivity index (χ3v) is 2.87. The first-order valence-corrected chi connectivity index (χ1v) is 5.85. The van der Waals surface area contributed by atoms with Crippen LogP contribution < -0.4 is 11.2 Å². The summed E-state index contributed by atoms with van der Waals surface area (Å²) in [5, 5.41) is 10.6. The highest BCUT2D eigenvalue weighted by Gasteiger charge is 2.15. The summed E-state index contributed by atoms with van der Waals surface area (Å²) in [6.07, 6.45) is 1.45. The Morgan fingerprint density at radius 3 is 2.53 bits per heavy atom. The standard InChI is InChI=1S/C13H11ClN2O3/c1-2-7-16-12(18)10(11(17)15-13(16)19)8-3-5-9(14)6-4-8/h2-6,18H,1,7H2,(H,15,17,19). The zero-order valence-corrected chi connectivity index (χ0v) is 10.6. The number of nitrogens with zero attached hydrogens (tertiary/aromatic N) is 1. The lowest BCUT2D eigenvalue weighted by Gasteiger charge is -2.09. The second-order valence-corrected chi connectivity index (χ2v) is 4.30. The van der Waals surface area contributed by atoms with Crippen LogP contribution in [0, 0.1) is 0 Å². The fourth-order valence-electron chi connectivity index (χ4n) is 1.74. The van der Waals surface area contributed by atoms with Crippen LogP contribution in [-0.4, -0.2) is 14.7 Å². The number of hydrogen-bond acceptors (Lipinski definition) is 3. The number of aromatic nitrogens is 2. The highest BCUT2D eigenvalue weighted by atomic mass is 35.5. The molecule has 0 saturated heterocycles. The molecule has 19 heavy (non-hydrogen) atoms. The topological polar surface area (TPSA) is 75.1 Å². The van der Waals surface area contributed by atoms with E-state index in [1.807, 2.05) is 0 Å². The van der Waals surface area contributed by atoms with E-state index in [-0.39, 0.29) is 12.1 Å². The minimum absolute atomic E-state index is 0.0260. The van der Waals surface area contributed by atoms with Crippen molar-refractivity contribution in [3.8, 4) is 17.0 Å². The van der Waals surface area contributed by atoms with E-state index in [1.54, 1.807) is 24.3 Å². The largest absolute Gasteiger partial charge is 0.494 e. The lowest BCUT2D eigenvalue weighted by Crippen LogP contribution is -2.30. The molecular formula is C13H11ClN2O3. The molecule has 98 valence electrons. The molecule has 0 radical (unpaired) electrons. The van der Waals surface area contributed by atoms with E-state index in [0.29, 0.717) is 10.6 Å².